The van der Waals surface area contributed by atoms with Crippen molar-refractivity contribution in [3.8, 4) is 0 Å². The molecule has 1 aromatic rings. The van der Waals surface area contributed by atoms with Crippen LogP contribution in [0.15, 0.2) is 30.3 Å². The van der Waals surface area contributed by atoms with Gasteiger partial charge in [0.2, 0.25) is 0 Å². The molecule has 0 heterocycles. The topological polar surface area (TPSA) is 12.0 Å². The fourth-order valence-electron chi connectivity index (χ4n) is 1.80. The van der Waals surface area contributed by atoms with Crippen molar-refractivity contribution in [2.24, 2.45) is 0 Å². The van der Waals surface area contributed by atoms with Crippen molar-refractivity contribution in [2.75, 3.05) is 6.54 Å². The molecule has 0 unspecified atom stereocenters. The zero-order valence-electron chi connectivity index (χ0n) is 10.00. The summed E-state index contributed by atoms with van der Waals surface area (Å²) in [6.45, 7) is 5.58. The van der Waals surface area contributed by atoms with Crippen LogP contribution in [0.25, 0.3) is 0 Å². The molecule has 0 saturated heterocycles. The smallest absolute Gasteiger partial charge is 0.0320 e. The molecule has 1 atom stereocenters. The van der Waals surface area contributed by atoms with E-state index < -0.39 is 0 Å². The van der Waals surface area contributed by atoms with Crippen LogP contribution in [0.5, 0.6) is 0 Å². The number of hydrogen-bond acceptors (Lipinski definition) is 1. The van der Waals surface area contributed by atoms with Crippen LogP contribution in [-0.4, -0.2) is 6.54 Å². The second-order valence-corrected chi connectivity index (χ2v) is 4.06. The summed E-state index contributed by atoms with van der Waals surface area (Å²) < 4.78 is 0. The van der Waals surface area contributed by atoms with Gasteiger partial charge in [-0.15, -0.1) is 0 Å². The van der Waals surface area contributed by atoms with Crippen LogP contribution in [0.4, 0.5) is 0 Å². The Morgan fingerprint density at radius 2 is 1.80 bits per heavy atom. The summed E-state index contributed by atoms with van der Waals surface area (Å²) in [5, 5.41) is 3.62. The highest BCUT2D eigenvalue weighted by atomic mass is 14.9. The average Bonchev–Trinajstić information content (AvgIpc) is 2.30. The molecule has 1 nitrogen and oxygen atoms in total. The number of unbranched alkanes of at least 4 members (excludes halogenated alkanes) is 1. The van der Waals surface area contributed by atoms with Gasteiger partial charge in [0.25, 0.3) is 0 Å². The fraction of sp³-hybridized carbons (Fsp3) is 0.571. The number of benzene rings is 1. The van der Waals surface area contributed by atoms with Crippen molar-refractivity contribution in [3.05, 3.63) is 35.9 Å². The molecule has 1 N–H and O–H groups in total. The zero-order valence-corrected chi connectivity index (χ0v) is 10.00. The van der Waals surface area contributed by atoms with Crippen molar-refractivity contribution in [1.82, 2.24) is 5.32 Å². The lowest BCUT2D eigenvalue weighted by molar-refractivity contribution is 0.481. The fourth-order valence-corrected chi connectivity index (χ4v) is 1.80. The molecule has 0 aromatic heterocycles. The van der Waals surface area contributed by atoms with Crippen LogP contribution >= 0.6 is 0 Å². The summed E-state index contributed by atoms with van der Waals surface area (Å²) in [5.41, 5.74) is 1.43. The first-order chi connectivity index (χ1) is 7.38. The van der Waals surface area contributed by atoms with E-state index in [1.807, 2.05) is 0 Å². The zero-order chi connectivity index (χ0) is 10.9. The van der Waals surface area contributed by atoms with Crippen molar-refractivity contribution in [1.29, 1.82) is 0 Å². The molecule has 0 radical (unpaired) electrons. The maximum absolute atomic E-state index is 3.62. The van der Waals surface area contributed by atoms with E-state index in [4.69, 9.17) is 0 Å². The third kappa shape index (κ3) is 4.48. The Hall–Kier alpha value is -0.820. The van der Waals surface area contributed by atoms with E-state index in [1.165, 1.54) is 31.2 Å². The Balaban J connectivity index is 2.55. The van der Waals surface area contributed by atoms with Crippen LogP contribution in [0, 0.1) is 0 Å². The van der Waals surface area contributed by atoms with Crippen LogP contribution in [0.3, 0.4) is 0 Å². The van der Waals surface area contributed by atoms with Gasteiger partial charge in [-0.3, -0.25) is 0 Å². The quantitative estimate of drug-likeness (QED) is 0.711. The monoisotopic (exact) mass is 205 g/mol. The Kier molecular flexibility index (Phi) is 6.10. The third-order valence-corrected chi connectivity index (χ3v) is 2.69. The van der Waals surface area contributed by atoms with Gasteiger partial charge in [-0.05, 0) is 24.9 Å². The minimum Gasteiger partial charge on any atom is -0.310 e. The molecule has 15 heavy (non-hydrogen) atoms. The average molecular weight is 205 g/mol. The molecule has 1 rings (SSSR count). The highest BCUT2D eigenvalue weighted by Crippen LogP contribution is 2.18. The van der Waals surface area contributed by atoms with Gasteiger partial charge in [0, 0.05) is 6.04 Å². The second-order valence-electron chi connectivity index (χ2n) is 4.06. The molecule has 1 aromatic carbocycles. The number of nitrogens with one attached hydrogen (secondary N) is 1. The molecule has 0 fully saturated rings. The highest BCUT2D eigenvalue weighted by molar-refractivity contribution is 5.18. The van der Waals surface area contributed by atoms with Crippen LogP contribution < -0.4 is 5.32 Å². The van der Waals surface area contributed by atoms with E-state index in [-0.39, 0.29) is 0 Å². The maximum Gasteiger partial charge on any atom is 0.0320 e. The lowest BCUT2D eigenvalue weighted by atomic mass is 10.0. The molecule has 0 aliphatic rings. The summed E-state index contributed by atoms with van der Waals surface area (Å²) in [6, 6.07) is 11.3. The van der Waals surface area contributed by atoms with Gasteiger partial charge in [-0.1, -0.05) is 57.0 Å². The summed E-state index contributed by atoms with van der Waals surface area (Å²) in [5.74, 6) is 0. The molecule has 0 saturated carbocycles. The Morgan fingerprint density at radius 3 is 2.40 bits per heavy atom. The first-order valence-electron chi connectivity index (χ1n) is 6.16. The molecule has 0 bridgehead atoms. The van der Waals surface area contributed by atoms with E-state index >= 15 is 0 Å². The molecule has 1 heteroatoms. The third-order valence-electron chi connectivity index (χ3n) is 2.69. The predicted molar refractivity (Wildman–Crippen MR) is 67.0 cm³/mol. The second kappa shape index (κ2) is 7.47. The summed E-state index contributed by atoms with van der Waals surface area (Å²) in [4.78, 5) is 0. The van der Waals surface area contributed by atoms with Crippen LogP contribution in [0.2, 0.25) is 0 Å². The van der Waals surface area contributed by atoms with E-state index in [2.05, 4.69) is 49.5 Å². The molecule has 84 valence electrons. The van der Waals surface area contributed by atoms with Gasteiger partial charge in [0.05, 0.1) is 0 Å². The predicted octanol–water partition coefficient (Wildman–Crippen LogP) is 3.92. The molecular formula is C14H23N. The lowest BCUT2D eigenvalue weighted by Crippen LogP contribution is -2.22. The maximum atomic E-state index is 3.62. The molecule has 0 aliphatic heterocycles. The first-order valence-corrected chi connectivity index (χ1v) is 6.16. The van der Waals surface area contributed by atoms with E-state index in [0.29, 0.717) is 6.04 Å². The minimum absolute atomic E-state index is 0.547. The summed E-state index contributed by atoms with van der Waals surface area (Å²) >= 11 is 0. The van der Waals surface area contributed by atoms with Crippen molar-refractivity contribution >= 4 is 0 Å². The van der Waals surface area contributed by atoms with Crippen molar-refractivity contribution < 1.29 is 0 Å². The molecular weight excluding hydrogens is 182 g/mol. The minimum atomic E-state index is 0.547. The van der Waals surface area contributed by atoms with Gasteiger partial charge in [0.1, 0.15) is 0 Å². The SMILES string of the molecule is CCCC[C@@H](NCCC)c1ccccc1. The van der Waals surface area contributed by atoms with Gasteiger partial charge in [-0.25, -0.2) is 0 Å². The van der Waals surface area contributed by atoms with Gasteiger partial charge >= 0.3 is 0 Å². The summed E-state index contributed by atoms with van der Waals surface area (Å²) in [6.07, 6.45) is 5.03. The number of hydrogen-bond donors (Lipinski definition) is 1. The van der Waals surface area contributed by atoms with E-state index in [0.717, 1.165) is 6.54 Å². The highest BCUT2D eigenvalue weighted by Gasteiger charge is 2.08. The Morgan fingerprint density at radius 1 is 1.07 bits per heavy atom. The standard InChI is InChI=1S/C14H23N/c1-3-5-11-14(15-12-4-2)13-9-7-6-8-10-13/h6-10,14-15H,3-5,11-12H2,1-2H3/t14-/m1/s1. The molecule has 0 spiro atoms. The Bertz CT molecular complexity index is 235. The molecule has 0 aliphatic carbocycles. The van der Waals surface area contributed by atoms with Crippen LogP contribution in [-0.2, 0) is 0 Å². The largest absolute Gasteiger partial charge is 0.310 e. The summed E-state index contributed by atoms with van der Waals surface area (Å²) in [7, 11) is 0. The van der Waals surface area contributed by atoms with E-state index in [1.54, 1.807) is 0 Å². The van der Waals surface area contributed by atoms with Gasteiger partial charge in [-0.2, -0.15) is 0 Å². The van der Waals surface area contributed by atoms with Crippen LogP contribution in [0.1, 0.15) is 51.1 Å². The molecule has 0 amide bonds. The lowest BCUT2D eigenvalue weighted by Gasteiger charge is -2.18. The van der Waals surface area contributed by atoms with Crippen molar-refractivity contribution in [3.63, 3.8) is 0 Å². The van der Waals surface area contributed by atoms with Crippen molar-refractivity contribution in [2.45, 2.75) is 45.6 Å². The number of rotatable bonds is 7. The van der Waals surface area contributed by atoms with Gasteiger partial charge in [0.15, 0.2) is 0 Å². The normalized spacial score (nSPS) is 12.7. The van der Waals surface area contributed by atoms with E-state index in [9.17, 15) is 0 Å². The Labute approximate surface area is 93.9 Å². The van der Waals surface area contributed by atoms with Gasteiger partial charge < -0.3 is 5.32 Å². The first kappa shape index (κ1) is 12.3.